The van der Waals surface area contributed by atoms with Crippen molar-refractivity contribution in [2.45, 2.75) is 33.1 Å². The maximum Gasteiger partial charge on any atom is 0.311 e. The Kier molecular flexibility index (Phi) is 7.73. The molecule has 1 atom stereocenters. The fourth-order valence-electron chi connectivity index (χ4n) is 3.68. The number of rotatable bonds is 7. The summed E-state index contributed by atoms with van der Waals surface area (Å²) in [6.07, 6.45) is 1.65. The molecule has 1 fully saturated rings. The highest BCUT2D eigenvalue weighted by Crippen LogP contribution is 2.33. The zero-order chi connectivity index (χ0) is 22.5. The molecule has 0 unspecified atom stereocenters. The van der Waals surface area contributed by atoms with Gasteiger partial charge < -0.3 is 15.0 Å². The van der Waals surface area contributed by atoms with Gasteiger partial charge in [-0.2, -0.15) is 0 Å². The summed E-state index contributed by atoms with van der Waals surface area (Å²) in [5.41, 5.74) is 3.48. The van der Waals surface area contributed by atoms with Crippen molar-refractivity contribution in [1.82, 2.24) is 0 Å². The van der Waals surface area contributed by atoms with Crippen LogP contribution in [0.15, 0.2) is 40.9 Å². The second-order valence-electron chi connectivity index (χ2n) is 7.32. The normalized spacial score (nSPS) is 15.8. The van der Waals surface area contributed by atoms with Gasteiger partial charge in [0.15, 0.2) is 6.61 Å². The molecule has 0 radical (unpaired) electrons. The Hall–Kier alpha value is -2.38. The van der Waals surface area contributed by atoms with Gasteiger partial charge in [0.2, 0.25) is 5.91 Å². The summed E-state index contributed by atoms with van der Waals surface area (Å²) in [7, 11) is 0. The van der Waals surface area contributed by atoms with Crippen LogP contribution in [0.25, 0.3) is 0 Å². The first-order valence-corrected chi connectivity index (χ1v) is 11.3. The van der Waals surface area contributed by atoms with Gasteiger partial charge in [0, 0.05) is 23.1 Å². The third-order valence-corrected chi connectivity index (χ3v) is 6.05. The molecular weight excluding hydrogens is 484 g/mol. The molecule has 1 aliphatic heterocycles. The molecule has 0 saturated carbocycles. The zero-order valence-corrected chi connectivity index (χ0v) is 19.8. The maximum atomic E-state index is 12.7. The Morgan fingerprint density at radius 2 is 1.87 bits per heavy atom. The molecule has 0 aliphatic carbocycles. The summed E-state index contributed by atoms with van der Waals surface area (Å²) in [4.78, 5) is 39.1. The molecule has 8 heteroatoms. The highest BCUT2D eigenvalue weighted by atomic mass is 79.9. The monoisotopic (exact) mass is 506 g/mol. The molecule has 1 heterocycles. The van der Waals surface area contributed by atoms with E-state index in [2.05, 4.69) is 21.2 Å². The highest BCUT2D eigenvalue weighted by Gasteiger charge is 2.37. The van der Waals surface area contributed by atoms with Crippen molar-refractivity contribution >= 4 is 56.7 Å². The van der Waals surface area contributed by atoms with Crippen molar-refractivity contribution < 1.29 is 19.1 Å². The number of aryl methyl sites for hydroxylation is 2. The number of ether oxygens (including phenoxy) is 1. The molecule has 1 aliphatic rings. The van der Waals surface area contributed by atoms with Crippen LogP contribution in [0.1, 0.15) is 31.4 Å². The number of carbonyl (C=O) groups excluding carboxylic acids is 3. The number of hydrogen-bond donors (Lipinski definition) is 1. The third kappa shape index (κ3) is 5.46. The van der Waals surface area contributed by atoms with Gasteiger partial charge in [0.1, 0.15) is 0 Å². The number of nitrogens with one attached hydrogen (secondary N) is 1. The van der Waals surface area contributed by atoms with Crippen LogP contribution < -0.4 is 10.2 Å². The summed E-state index contributed by atoms with van der Waals surface area (Å²) < 4.78 is 5.97. The van der Waals surface area contributed by atoms with Crippen molar-refractivity contribution in [2.24, 2.45) is 5.92 Å². The van der Waals surface area contributed by atoms with Gasteiger partial charge in [-0.25, -0.2) is 0 Å². The number of halogens is 2. The van der Waals surface area contributed by atoms with Crippen LogP contribution in [0.2, 0.25) is 5.02 Å². The van der Waals surface area contributed by atoms with Crippen LogP contribution in [0.3, 0.4) is 0 Å². The summed E-state index contributed by atoms with van der Waals surface area (Å²) in [6.45, 7) is 3.89. The van der Waals surface area contributed by atoms with Crippen LogP contribution in [0.4, 0.5) is 11.4 Å². The second-order valence-corrected chi connectivity index (χ2v) is 8.64. The molecule has 1 saturated heterocycles. The van der Waals surface area contributed by atoms with E-state index < -0.39 is 24.4 Å². The average molecular weight is 508 g/mol. The lowest BCUT2D eigenvalue weighted by Crippen LogP contribution is -2.29. The lowest BCUT2D eigenvalue weighted by atomic mass is 10.0. The van der Waals surface area contributed by atoms with Crippen molar-refractivity contribution in [3.63, 3.8) is 0 Å². The second kappa shape index (κ2) is 10.3. The summed E-state index contributed by atoms with van der Waals surface area (Å²) in [5, 5.41) is 2.98. The number of esters is 1. The van der Waals surface area contributed by atoms with E-state index in [9.17, 15) is 14.4 Å². The predicted octanol–water partition coefficient (Wildman–Crippen LogP) is 4.76. The summed E-state index contributed by atoms with van der Waals surface area (Å²) >= 11 is 9.38. The van der Waals surface area contributed by atoms with E-state index in [1.165, 1.54) is 0 Å². The molecule has 1 N–H and O–H groups in total. The fourth-order valence-corrected chi connectivity index (χ4v) is 4.40. The number of hydrogen-bond acceptors (Lipinski definition) is 4. The summed E-state index contributed by atoms with van der Waals surface area (Å²) in [5.74, 6) is -1.77. The molecule has 0 bridgehead atoms. The topological polar surface area (TPSA) is 75.7 Å². The fraction of sp³-hybridized carbons (Fsp3) is 0.348. The number of carbonyl (C=O) groups is 3. The number of para-hydroxylation sites is 1. The van der Waals surface area contributed by atoms with E-state index >= 15 is 0 Å². The molecule has 31 heavy (non-hydrogen) atoms. The minimum atomic E-state index is -0.605. The zero-order valence-electron chi connectivity index (χ0n) is 17.4. The standard InChI is InChI=1S/C23H24BrClN2O4/c1-3-14-6-5-7-15(4-2)22(14)27-12-16(10-21(27)29)23(30)31-13-20(28)26-19-9-8-17(24)11-18(19)25/h5-9,11,16H,3-4,10,12-13H2,1-2H3,(H,26,28)/t16-/m1/s1. The molecule has 6 nitrogen and oxygen atoms in total. The van der Waals surface area contributed by atoms with Crippen LogP contribution in [-0.4, -0.2) is 30.9 Å². The van der Waals surface area contributed by atoms with Gasteiger partial charge in [-0.3, -0.25) is 14.4 Å². The SMILES string of the molecule is CCc1cccc(CC)c1N1C[C@H](C(=O)OCC(=O)Nc2ccc(Br)cc2Cl)CC1=O. The number of amides is 2. The predicted molar refractivity (Wildman–Crippen MR) is 124 cm³/mol. The van der Waals surface area contributed by atoms with E-state index in [1.54, 1.807) is 23.1 Å². The van der Waals surface area contributed by atoms with Crippen molar-refractivity contribution in [3.8, 4) is 0 Å². The quantitative estimate of drug-likeness (QED) is 0.548. The van der Waals surface area contributed by atoms with Gasteiger partial charge in [-0.05, 0) is 42.2 Å². The van der Waals surface area contributed by atoms with Crippen molar-refractivity contribution in [2.75, 3.05) is 23.4 Å². The van der Waals surface area contributed by atoms with Crippen LogP contribution in [-0.2, 0) is 32.0 Å². The molecule has 2 aromatic rings. The number of anilines is 2. The lowest BCUT2D eigenvalue weighted by Gasteiger charge is -2.23. The van der Waals surface area contributed by atoms with Crippen LogP contribution >= 0.6 is 27.5 Å². The molecular formula is C23H24BrClN2O4. The first-order chi connectivity index (χ1) is 14.8. The first-order valence-electron chi connectivity index (χ1n) is 10.2. The minimum Gasteiger partial charge on any atom is -0.455 e. The van der Waals surface area contributed by atoms with Crippen molar-refractivity contribution in [3.05, 3.63) is 57.0 Å². The Morgan fingerprint density at radius 1 is 1.19 bits per heavy atom. The summed E-state index contributed by atoms with van der Waals surface area (Å²) in [6, 6.07) is 11.0. The van der Waals surface area contributed by atoms with E-state index in [0.717, 1.165) is 34.1 Å². The molecule has 2 aromatic carbocycles. The van der Waals surface area contributed by atoms with E-state index in [-0.39, 0.29) is 18.9 Å². The van der Waals surface area contributed by atoms with E-state index in [0.29, 0.717) is 10.7 Å². The largest absolute Gasteiger partial charge is 0.455 e. The van der Waals surface area contributed by atoms with Crippen LogP contribution in [0.5, 0.6) is 0 Å². The average Bonchev–Trinajstić information content (AvgIpc) is 3.14. The van der Waals surface area contributed by atoms with E-state index in [1.807, 2.05) is 32.0 Å². The lowest BCUT2D eigenvalue weighted by molar-refractivity contribution is -0.151. The molecule has 2 amide bonds. The third-order valence-electron chi connectivity index (χ3n) is 5.24. The Morgan fingerprint density at radius 3 is 2.48 bits per heavy atom. The van der Waals surface area contributed by atoms with E-state index in [4.69, 9.17) is 16.3 Å². The maximum absolute atomic E-state index is 12.7. The Bertz CT molecular complexity index is 989. The van der Waals surface area contributed by atoms with Gasteiger partial charge >= 0.3 is 5.97 Å². The van der Waals surface area contributed by atoms with Gasteiger partial charge in [0.25, 0.3) is 5.91 Å². The highest BCUT2D eigenvalue weighted by molar-refractivity contribution is 9.10. The van der Waals surface area contributed by atoms with Crippen LogP contribution in [0, 0.1) is 5.92 Å². The van der Waals surface area contributed by atoms with Gasteiger partial charge in [-0.15, -0.1) is 0 Å². The Labute approximate surface area is 195 Å². The van der Waals surface area contributed by atoms with Gasteiger partial charge in [-0.1, -0.05) is 59.6 Å². The minimum absolute atomic E-state index is 0.0696. The molecule has 0 spiro atoms. The smallest absolute Gasteiger partial charge is 0.311 e. The molecule has 0 aromatic heterocycles. The first kappa shape index (κ1) is 23.3. The number of nitrogens with zero attached hydrogens (tertiary/aromatic N) is 1. The number of benzene rings is 2. The van der Waals surface area contributed by atoms with Crippen molar-refractivity contribution in [1.29, 1.82) is 0 Å². The molecule has 164 valence electrons. The molecule has 3 rings (SSSR count). The van der Waals surface area contributed by atoms with Gasteiger partial charge in [0.05, 0.1) is 16.6 Å². The Balaban J connectivity index is 1.61.